The van der Waals surface area contributed by atoms with Gasteiger partial charge in [-0.05, 0) is 50.8 Å². The minimum atomic E-state index is -0.190. The van der Waals surface area contributed by atoms with Crippen molar-refractivity contribution in [1.82, 2.24) is 9.97 Å². The third-order valence-electron chi connectivity index (χ3n) is 4.13. The molecule has 3 rings (SSSR count). The van der Waals surface area contributed by atoms with E-state index >= 15 is 0 Å². The summed E-state index contributed by atoms with van der Waals surface area (Å²) in [6, 6.07) is 7.80. The van der Waals surface area contributed by atoms with Crippen LogP contribution in [0.5, 0.6) is 0 Å². The van der Waals surface area contributed by atoms with Gasteiger partial charge >= 0.3 is 0 Å². The lowest BCUT2D eigenvalue weighted by molar-refractivity contribution is 0.102. The number of nitrogens with zero attached hydrogens (tertiary/aromatic N) is 3. The molecule has 0 spiro atoms. The fourth-order valence-corrected chi connectivity index (χ4v) is 2.83. The molecule has 120 valence electrons. The van der Waals surface area contributed by atoms with Crippen LogP contribution in [-0.4, -0.2) is 29.0 Å². The van der Waals surface area contributed by atoms with Crippen LogP contribution < -0.4 is 10.2 Å². The highest BCUT2D eigenvalue weighted by atomic mass is 16.1. The van der Waals surface area contributed by atoms with Crippen molar-refractivity contribution in [3.8, 4) is 0 Å². The molecule has 23 heavy (non-hydrogen) atoms. The zero-order chi connectivity index (χ0) is 16.4. The Hall–Kier alpha value is -2.43. The van der Waals surface area contributed by atoms with Crippen LogP contribution in [0.25, 0.3) is 0 Å². The van der Waals surface area contributed by atoms with E-state index in [1.54, 1.807) is 6.07 Å². The fraction of sp³-hybridized carbons (Fsp3) is 0.389. The van der Waals surface area contributed by atoms with Crippen LogP contribution in [0, 0.1) is 20.8 Å². The van der Waals surface area contributed by atoms with E-state index < -0.39 is 0 Å². The van der Waals surface area contributed by atoms with Crippen LogP contribution in [0.3, 0.4) is 0 Å². The molecule has 2 heterocycles. The molecular formula is C18H22N4O. The average molecular weight is 310 g/mol. The molecule has 0 bridgehead atoms. The Balaban J connectivity index is 1.85. The van der Waals surface area contributed by atoms with Gasteiger partial charge in [-0.25, -0.2) is 9.97 Å². The Bertz CT molecular complexity index is 736. The van der Waals surface area contributed by atoms with Crippen LogP contribution in [-0.2, 0) is 0 Å². The Morgan fingerprint density at radius 2 is 1.83 bits per heavy atom. The summed E-state index contributed by atoms with van der Waals surface area (Å²) in [5.41, 5.74) is 3.39. The SMILES string of the molecule is Cc1ccc(C)c(NC(=O)c2cc(N3CCCC3)nc(C)n2)c1. The number of benzene rings is 1. The molecule has 0 radical (unpaired) electrons. The van der Waals surface area contributed by atoms with Crippen LogP contribution in [0.4, 0.5) is 11.5 Å². The van der Waals surface area contributed by atoms with E-state index in [9.17, 15) is 4.79 Å². The largest absolute Gasteiger partial charge is 0.356 e. The van der Waals surface area contributed by atoms with Crippen molar-refractivity contribution < 1.29 is 4.79 Å². The number of hydrogen-bond donors (Lipinski definition) is 1. The van der Waals surface area contributed by atoms with Gasteiger partial charge in [0.15, 0.2) is 0 Å². The minimum absolute atomic E-state index is 0.190. The summed E-state index contributed by atoms with van der Waals surface area (Å²) >= 11 is 0. The first-order valence-corrected chi connectivity index (χ1v) is 8.02. The van der Waals surface area contributed by atoms with Crippen molar-refractivity contribution in [2.75, 3.05) is 23.3 Å². The molecule has 5 nitrogen and oxygen atoms in total. The summed E-state index contributed by atoms with van der Waals surface area (Å²) in [4.78, 5) is 23.6. The van der Waals surface area contributed by atoms with Gasteiger partial charge in [-0.2, -0.15) is 0 Å². The first-order chi connectivity index (χ1) is 11.0. The lowest BCUT2D eigenvalue weighted by Crippen LogP contribution is -2.22. The second-order valence-corrected chi connectivity index (χ2v) is 6.13. The molecule has 1 N–H and O–H groups in total. The number of amides is 1. The smallest absolute Gasteiger partial charge is 0.274 e. The maximum atomic E-state index is 12.6. The highest BCUT2D eigenvalue weighted by Crippen LogP contribution is 2.20. The van der Waals surface area contributed by atoms with Crippen LogP contribution in [0.15, 0.2) is 24.3 Å². The van der Waals surface area contributed by atoms with Gasteiger partial charge in [-0.1, -0.05) is 12.1 Å². The molecule has 5 heteroatoms. The Morgan fingerprint density at radius 1 is 1.09 bits per heavy atom. The molecule has 1 aromatic carbocycles. The van der Waals surface area contributed by atoms with E-state index in [0.29, 0.717) is 11.5 Å². The molecule has 0 aliphatic carbocycles. The number of nitrogens with one attached hydrogen (secondary N) is 1. The molecule has 1 aliphatic heterocycles. The maximum Gasteiger partial charge on any atom is 0.274 e. The maximum absolute atomic E-state index is 12.6. The van der Waals surface area contributed by atoms with E-state index in [1.165, 1.54) is 12.8 Å². The Morgan fingerprint density at radius 3 is 2.57 bits per heavy atom. The van der Waals surface area contributed by atoms with Gasteiger partial charge in [0.2, 0.25) is 0 Å². The lowest BCUT2D eigenvalue weighted by Gasteiger charge is -2.17. The Labute approximate surface area is 136 Å². The van der Waals surface area contributed by atoms with Crippen molar-refractivity contribution in [1.29, 1.82) is 0 Å². The summed E-state index contributed by atoms with van der Waals surface area (Å²) in [7, 11) is 0. The predicted octanol–water partition coefficient (Wildman–Crippen LogP) is 3.25. The number of aromatic nitrogens is 2. The summed E-state index contributed by atoms with van der Waals surface area (Å²) in [5.74, 6) is 1.28. The number of carbonyl (C=O) groups excluding carboxylic acids is 1. The lowest BCUT2D eigenvalue weighted by atomic mass is 10.1. The number of aryl methyl sites for hydroxylation is 3. The molecule has 1 aliphatic rings. The second kappa shape index (κ2) is 6.36. The molecule has 2 aromatic rings. The normalized spacial score (nSPS) is 14.1. The van der Waals surface area contributed by atoms with Crippen LogP contribution in [0.1, 0.15) is 40.3 Å². The van der Waals surface area contributed by atoms with Crippen LogP contribution >= 0.6 is 0 Å². The van der Waals surface area contributed by atoms with E-state index in [1.807, 2.05) is 39.0 Å². The van der Waals surface area contributed by atoms with Gasteiger partial charge in [0.25, 0.3) is 5.91 Å². The zero-order valence-electron chi connectivity index (χ0n) is 13.9. The van der Waals surface area contributed by atoms with E-state index in [2.05, 4.69) is 20.2 Å². The molecule has 1 aromatic heterocycles. The second-order valence-electron chi connectivity index (χ2n) is 6.13. The van der Waals surface area contributed by atoms with Crippen molar-refractivity contribution >= 4 is 17.4 Å². The van der Waals surface area contributed by atoms with Crippen molar-refractivity contribution in [2.24, 2.45) is 0 Å². The third kappa shape index (κ3) is 3.50. The van der Waals surface area contributed by atoms with E-state index in [0.717, 1.165) is 35.7 Å². The minimum Gasteiger partial charge on any atom is -0.356 e. The molecule has 1 saturated heterocycles. The van der Waals surface area contributed by atoms with Crippen molar-refractivity contribution in [2.45, 2.75) is 33.6 Å². The predicted molar refractivity (Wildman–Crippen MR) is 92.1 cm³/mol. The quantitative estimate of drug-likeness (QED) is 0.945. The van der Waals surface area contributed by atoms with Crippen LogP contribution in [0.2, 0.25) is 0 Å². The topological polar surface area (TPSA) is 58.1 Å². The number of hydrogen-bond acceptors (Lipinski definition) is 4. The van der Waals surface area contributed by atoms with Gasteiger partial charge in [-0.3, -0.25) is 4.79 Å². The highest BCUT2D eigenvalue weighted by Gasteiger charge is 2.18. The number of anilines is 2. The first-order valence-electron chi connectivity index (χ1n) is 8.02. The monoisotopic (exact) mass is 310 g/mol. The summed E-state index contributed by atoms with van der Waals surface area (Å²) in [6.07, 6.45) is 2.35. The standard InChI is InChI=1S/C18H22N4O/c1-12-6-7-13(2)15(10-12)21-18(23)16-11-17(20-14(3)19-16)22-8-4-5-9-22/h6-7,10-11H,4-5,8-9H2,1-3H3,(H,21,23). The van der Waals surface area contributed by atoms with Gasteiger partial charge in [0.05, 0.1) is 0 Å². The highest BCUT2D eigenvalue weighted by molar-refractivity contribution is 6.03. The molecule has 1 fully saturated rings. The average Bonchev–Trinajstić information content (AvgIpc) is 3.04. The molecule has 0 saturated carbocycles. The fourth-order valence-electron chi connectivity index (χ4n) is 2.83. The third-order valence-corrected chi connectivity index (χ3v) is 4.13. The van der Waals surface area contributed by atoms with E-state index in [4.69, 9.17) is 0 Å². The summed E-state index contributed by atoms with van der Waals surface area (Å²) in [6.45, 7) is 7.81. The zero-order valence-corrected chi connectivity index (χ0v) is 13.9. The Kier molecular flexibility index (Phi) is 4.28. The molecule has 0 unspecified atom stereocenters. The number of rotatable bonds is 3. The van der Waals surface area contributed by atoms with Gasteiger partial charge in [0.1, 0.15) is 17.3 Å². The van der Waals surface area contributed by atoms with Gasteiger partial charge in [-0.15, -0.1) is 0 Å². The van der Waals surface area contributed by atoms with Crippen molar-refractivity contribution in [3.05, 3.63) is 46.9 Å². The number of carbonyl (C=O) groups is 1. The van der Waals surface area contributed by atoms with Gasteiger partial charge < -0.3 is 10.2 Å². The molecule has 0 atom stereocenters. The molecular weight excluding hydrogens is 288 g/mol. The first kappa shape index (κ1) is 15.5. The summed E-state index contributed by atoms with van der Waals surface area (Å²) < 4.78 is 0. The van der Waals surface area contributed by atoms with Crippen molar-refractivity contribution in [3.63, 3.8) is 0 Å². The van der Waals surface area contributed by atoms with E-state index in [-0.39, 0.29) is 5.91 Å². The van der Waals surface area contributed by atoms with Gasteiger partial charge in [0, 0.05) is 24.8 Å². The molecule has 1 amide bonds. The summed E-state index contributed by atoms with van der Waals surface area (Å²) in [5, 5.41) is 2.96.